The minimum Gasteiger partial charge on any atom is -0.481 e. The molecule has 2 aromatic rings. The van der Waals surface area contributed by atoms with E-state index in [-0.39, 0.29) is 82.4 Å². The highest BCUT2D eigenvalue weighted by atomic mass is 16.4. The number of amides is 10. The number of unbranched alkanes of at least 4 members (excludes halogenated alkanes) is 1. The number of guanidine groups is 1. The van der Waals surface area contributed by atoms with Crippen LogP contribution in [0.15, 0.2) is 60.7 Å². The maximum Gasteiger partial charge on any atom is 0.305 e. The lowest BCUT2D eigenvalue weighted by Crippen LogP contribution is -2.60. The van der Waals surface area contributed by atoms with Crippen molar-refractivity contribution >= 4 is 71.0 Å². The fourth-order valence-electron chi connectivity index (χ4n) is 9.40. The van der Waals surface area contributed by atoms with Gasteiger partial charge in [-0.1, -0.05) is 81.4 Å². The van der Waals surface area contributed by atoms with Gasteiger partial charge >= 0.3 is 5.97 Å². The number of rotatable bonds is 19. The Morgan fingerprint density at radius 1 is 0.688 bits per heavy atom. The summed E-state index contributed by atoms with van der Waals surface area (Å²) >= 11 is 0. The number of benzene rings is 2. The second-order valence-electron chi connectivity index (χ2n) is 20.7. The van der Waals surface area contributed by atoms with Crippen LogP contribution in [-0.2, 0) is 65.6 Å². The maximum absolute atomic E-state index is 14.9. The van der Waals surface area contributed by atoms with Gasteiger partial charge in [-0.2, -0.15) is 0 Å². The Labute approximate surface area is 466 Å². The Bertz CT molecular complexity index is 2480. The molecule has 2 fully saturated rings. The number of nitrogens with zero attached hydrogens (tertiary/aromatic N) is 2. The third-order valence-electron chi connectivity index (χ3n) is 13.6. The van der Waals surface area contributed by atoms with E-state index in [1.165, 1.54) is 23.8 Å². The van der Waals surface area contributed by atoms with E-state index in [0.717, 1.165) is 0 Å². The second kappa shape index (κ2) is 32.7. The molecular weight excluding hydrogens is 1030 g/mol. The topological polar surface area (TPSA) is 373 Å². The molecule has 0 unspecified atom stereocenters. The van der Waals surface area contributed by atoms with Gasteiger partial charge in [-0.3, -0.25) is 58.1 Å². The molecule has 2 aromatic carbocycles. The average molecular weight is 1120 g/mol. The van der Waals surface area contributed by atoms with Crippen molar-refractivity contribution in [3.63, 3.8) is 0 Å². The van der Waals surface area contributed by atoms with E-state index >= 15 is 0 Å². The number of likely N-dealkylation sites (N-methyl/N-ethyl adjacent to an activating group) is 1. The van der Waals surface area contributed by atoms with Crippen LogP contribution < -0.4 is 53.6 Å². The van der Waals surface area contributed by atoms with Crippen LogP contribution >= 0.6 is 0 Å². The molecule has 0 spiro atoms. The van der Waals surface area contributed by atoms with E-state index < -0.39 is 120 Å². The van der Waals surface area contributed by atoms with E-state index in [1.807, 2.05) is 6.92 Å². The second-order valence-corrected chi connectivity index (χ2v) is 20.7. The molecule has 10 amide bonds. The van der Waals surface area contributed by atoms with Gasteiger partial charge < -0.3 is 68.5 Å². The molecule has 2 heterocycles. The average Bonchev–Trinajstić information content (AvgIpc) is 3.91. The van der Waals surface area contributed by atoms with Gasteiger partial charge in [0.25, 0.3) is 0 Å². The van der Waals surface area contributed by atoms with Crippen molar-refractivity contribution in [2.45, 2.75) is 160 Å². The molecule has 8 atom stereocenters. The molecule has 2 saturated heterocycles. The van der Waals surface area contributed by atoms with E-state index in [1.54, 1.807) is 74.5 Å². The fourth-order valence-corrected chi connectivity index (χ4v) is 9.40. The summed E-state index contributed by atoms with van der Waals surface area (Å²) in [5.41, 5.74) is 6.75. The number of carboxylic acids is 1. The molecule has 80 heavy (non-hydrogen) atoms. The van der Waals surface area contributed by atoms with Gasteiger partial charge in [0.15, 0.2) is 5.96 Å². The number of hydrogen-bond acceptors (Lipinski definition) is 12. The van der Waals surface area contributed by atoms with E-state index in [9.17, 15) is 57.8 Å². The molecule has 25 heteroatoms. The zero-order valence-electron chi connectivity index (χ0n) is 46.4. The lowest BCUT2D eigenvalue weighted by molar-refractivity contribution is -0.148. The molecule has 0 bridgehead atoms. The van der Waals surface area contributed by atoms with Crippen molar-refractivity contribution < 1.29 is 57.8 Å². The van der Waals surface area contributed by atoms with Gasteiger partial charge in [0.05, 0.1) is 13.0 Å². The summed E-state index contributed by atoms with van der Waals surface area (Å²) < 4.78 is 0. The lowest BCUT2D eigenvalue weighted by atomic mass is 10.0. The van der Waals surface area contributed by atoms with E-state index in [4.69, 9.17) is 11.1 Å². The molecule has 4 rings (SSSR count). The van der Waals surface area contributed by atoms with Crippen LogP contribution in [0.4, 0.5) is 0 Å². The number of hydrogen-bond donors (Lipinski definition) is 12. The predicted molar refractivity (Wildman–Crippen MR) is 294 cm³/mol. The zero-order chi connectivity index (χ0) is 58.9. The molecule has 0 aliphatic carbocycles. The highest BCUT2D eigenvalue weighted by Gasteiger charge is 2.42. The summed E-state index contributed by atoms with van der Waals surface area (Å²) in [5.74, 6) is -9.60. The molecule has 0 radical (unpaired) electrons. The maximum atomic E-state index is 14.9. The largest absolute Gasteiger partial charge is 0.481 e. The number of carbonyl (C=O) groups is 11. The lowest BCUT2D eigenvalue weighted by Gasteiger charge is -2.35. The van der Waals surface area contributed by atoms with Gasteiger partial charge in [-0.15, -0.1) is 0 Å². The van der Waals surface area contributed by atoms with Gasteiger partial charge in [-0.25, -0.2) is 0 Å². The SMILES string of the molecule is CCCC(=O)NCCCC[C@H]1C(=O)N[C@@H](Cc2ccccc2)C(=O)N[C@@H](CCCNC(=N)N)C(=O)NCC(=O)N[C@@H](CC(=O)O)C(=O)N[C@@H](CC(C)C)C(=O)N[C@@H](C)C(=O)N[C@@H](Cc2ccccc2)C(=O)N2CCC[C@@H]2C(=O)N1C. The minimum atomic E-state index is -1.76. The van der Waals surface area contributed by atoms with Crippen LogP contribution in [0.2, 0.25) is 0 Å². The van der Waals surface area contributed by atoms with Crippen molar-refractivity contribution in [3.05, 3.63) is 71.8 Å². The van der Waals surface area contributed by atoms with Crippen LogP contribution in [0.5, 0.6) is 0 Å². The molecule has 13 N–H and O–H groups in total. The van der Waals surface area contributed by atoms with E-state index in [0.29, 0.717) is 43.2 Å². The first kappa shape index (κ1) is 64.4. The highest BCUT2D eigenvalue weighted by Crippen LogP contribution is 2.24. The first-order valence-electron chi connectivity index (χ1n) is 27.4. The van der Waals surface area contributed by atoms with Crippen LogP contribution in [0, 0.1) is 11.3 Å². The normalized spacial score (nSPS) is 23.5. The summed E-state index contributed by atoms with van der Waals surface area (Å²) in [6, 6.07) is 6.65. The number of nitrogens with two attached hydrogens (primary N) is 1. The molecule has 25 nitrogen and oxygen atoms in total. The number of carbonyl (C=O) groups excluding carboxylic acids is 10. The molecular formula is C55H81N13O12. The van der Waals surface area contributed by atoms with Gasteiger partial charge in [0.2, 0.25) is 59.1 Å². The first-order valence-corrected chi connectivity index (χ1v) is 27.4. The smallest absolute Gasteiger partial charge is 0.305 e. The zero-order valence-corrected chi connectivity index (χ0v) is 46.4. The van der Waals surface area contributed by atoms with Gasteiger partial charge in [0, 0.05) is 45.9 Å². The predicted octanol–water partition coefficient (Wildman–Crippen LogP) is -0.781. The van der Waals surface area contributed by atoms with Crippen molar-refractivity contribution in [2.24, 2.45) is 11.7 Å². The highest BCUT2D eigenvalue weighted by molar-refractivity contribution is 5.99. The van der Waals surface area contributed by atoms with Crippen LogP contribution in [0.1, 0.15) is 109 Å². The summed E-state index contributed by atoms with van der Waals surface area (Å²) in [7, 11) is 1.43. The standard InChI is InChI=1S/C55H81N13O12/c1-6-17-44(69)58-25-14-13-23-42-52(78)65-39(29-35-18-9-7-10-19-35)50(76)63-37(22-15-26-59-55(56)57)48(74)60-32-45(70)62-40(31-46(71)72)51(77)64-38(28-33(2)3)49(75)61-34(4)47(73)66-41(30-36-20-11-8-12-21-36)53(79)68-27-16-24-43(68)54(80)67(42)5/h7-12,18-21,33-34,37-43H,6,13-17,22-32H2,1-5H3,(H,58,69)(H,60,74)(H,61,75)(H,62,70)(H,63,76)(H,64,77)(H,65,78)(H,66,73)(H,71,72)(H4,56,57,59)/t34-,37-,38-,39-,40-,41-,42-,43+/m0/s1. The first-order chi connectivity index (χ1) is 38.1. The third kappa shape index (κ3) is 21.3. The molecule has 438 valence electrons. The fraction of sp³-hybridized carbons (Fsp3) is 0.564. The summed E-state index contributed by atoms with van der Waals surface area (Å²) in [4.78, 5) is 155. The summed E-state index contributed by atoms with van der Waals surface area (Å²) in [5, 5.41) is 40.9. The Morgan fingerprint density at radius 3 is 1.88 bits per heavy atom. The molecule has 0 aromatic heterocycles. The van der Waals surface area contributed by atoms with Crippen molar-refractivity contribution in [1.82, 2.24) is 57.7 Å². The summed E-state index contributed by atoms with van der Waals surface area (Å²) in [6.45, 7) is 6.43. The minimum absolute atomic E-state index is 0.00410. The number of nitrogens with one attached hydrogen (secondary N) is 10. The van der Waals surface area contributed by atoms with Crippen LogP contribution in [-0.4, -0.2) is 167 Å². The van der Waals surface area contributed by atoms with Crippen molar-refractivity contribution in [1.29, 1.82) is 5.41 Å². The van der Waals surface area contributed by atoms with Gasteiger partial charge in [-0.05, 0) is 81.8 Å². The Morgan fingerprint density at radius 2 is 1.26 bits per heavy atom. The summed E-state index contributed by atoms with van der Waals surface area (Å²) in [6.07, 6.45) is 1.37. The molecule has 0 saturated carbocycles. The quantitative estimate of drug-likeness (QED) is 0.0467. The Kier molecular flexibility index (Phi) is 26.3. The third-order valence-corrected chi connectivity index (χ3v) is 13.6. The Balaban J connectivity index is 1.82. The number of aliphatic carboxylic acids is 1. The van der Waals surface area contributed by atoms with Crippen molar-refractivity contribution in [3.8, 4) is 0 Å². The van der Waals surface area contributed by atoms with Crippen LogP contribution in [0.25, 0.3) is 0 Å². The molecule has 2 aliphatic heterocycles. The van der Waals surface area contributed by atoms with Crippen molar-refractivity contribution in [2.75, 3.05) is 33.2 Å². The number of carboxylic acid groups (broad SMARTS) is 1. The van der Waals surface area contributed by atoms with E-state index in [2.05, 4.69) is 47.9 Å². The Hall–Kier alpha value is -8.12. The van der Waals surface area contributed by atoms with Crippen LogP contribution in [0.3, 0.4) is 0 Å². The monoisotopic (exact) mass is 1120 g/mol. The number of fused-ring (bicyclic) bond motifs is 1. The molecule has 2 aliphatic rings. The van der Waals surface area contributed by atoms with Gasteiger partial charge in [0.1, 0.15) is 48.3 Å².